The molecule has 1 unspecified atom stereocenters. The number of rotatable bonds is 4. The zero-order valence-corrected chi connectivity index (χ0v) is 15.1. The Morgan fingerprint density at radius 1 is 1.35 bits per heavy atom. The fourth-order valence-corrected chi connectivity index (χ4v) is 4.24. The third-order valence-electron chi connectivity index (χ3n) is 3.71. The van der Waals surface area contributed by atoms with Gasteiger partial charge in [-0.05, 0) is 19.1 Å². The summed E-state index contributed by atoms with van der Waals surface area (Å²) >= 11 is 2.57. The number of fused-ring (bicyclic) bond motifs is 1. The summed E-state index contributed by atoms with van der Waals surface area (Å²) in [5.41, 5.74) is -0.125. The van der Waals surface area contributed by atoms with Crippen LogP contribution in [0.4, 0.5) is 18.9 Å². The average Bonchev–Trinajstić information content (AvgIpc) is 3.03. The number of benzene rings is 1. The van der Waals surface area contributed by atoms with E-state index < -0.39 is 22.9 Å². The Morgan fingerprint density at radius 2 is 2.08 bits per heavy atom. The highest BCUT2D eigenvalue weighted by Gasteiger charge is 2.34. The van der Waals surface area contributed by atoms with Crippen LogP contribution in [0.5, 0.6) is 0 Å². The number of alkyl halides is 3. The first-order valence-corrected chi connectivity index (χ1v) is 9.62. The minimum absolute atomic E-state index is 0.238. The minimum Gasteiger partial charge on any atom is -0.325 e. The number of carbonyl (C=O) groups is 1. The Labute approximate surface area is 155 Å². The Kier molecular flexibility index (Phi) is 5.33. The van der Waals surface area contributed by atoms with Crippen molar-refractivity contribution in [1.29, 1.82) is 0 Å². The summed E-state index contributed by atoms with van der Waals surface area (Å²) in [4.78, 5) is 31.2. The Balaban J connectivity index is 1.74. The maximum atomic E-state index is 13.0. The van der Waals surface area contributed by atoms with Crippen LogP contribution in [0.2, 0.25) is 0 Å². The molecule has 0 fully saturated rings. The number of nitrogens with one attached hydrogen (secondary N) is 2. The van der Waals surface area contributed by atoms with Gasteiger partial charge in [0.2, 0.25) is 5.91 Å². The summed E-state index contributed by atoms with van der Waals surface area (Å²) in [5, 5.41) is 1.84. The molecule has 0 saturated carbocycles. The number of hydrogen-bond donors (Lipinski definition) is 2. The second-order valence-electron chi connectivity index (χ2n) is 5.58. The first-order chi connectivity index (χ1) is 12.3. The van der Waals surface area contributed by atoms with E-state index in [-0.39, 0.29) is 16.4 Å². The topological polar surface area (TPSA) is 74.8 Å². The molecule has 1 aliphatic heterocycles. The van der Waals surface area contributed by atoms with Crippen LogP contribution in [-0.4, -0.2) is 21.1 Å². The number of nitrogens with zero attached hydrogens (tertiary/aromatic N) is 1. The van der Waals surface area contributed by atoms with Crippen LogP contribution in [0.3, 0.4) is 0 Å². The van der Waals surface area contributed by atoms with E-state index in [1.165, 1.54) is 25.1 Å². The maximum Gasteiger partial charge on any atom is 0.418 e. The van der Waals surface area contributed by atoms with Crippen LogP contribution >= 0.6 is 23.5 Å². The third kappa shape index (κ3) is 4.07. The van der Waals surface area contributed by atoms with Crippen molar-refractivity contribution in [2.24, 2.45) is 0 Å². The van der Waals surface area contributed by atoms with Crippen LogP contribution in [0.15, 0.2) is 34.2 Å². The maximum absolute atomic E-state index is 13.0. The molecule has 3 rings (SSSR count). The van der Waals surface area contributed by atoms with Crippen molar-refractivity contribution in [3.63, 3.8) is 0 Å². The van der Waals surface area contributed by atoms with Crippen molar-refractivity contribution < 1.29 is 18.0 Å². The molecule has 2 N–H and O–H groups in total. The largest absolute Gasteiger partial charge is 0.418 e. The van der Waals surface area contributed by atoms with Crippen LogP contribution in [0.25, 0.3) is 0 Å². The number of amides is 1. The molecular weight excluding hydrogens is 387 g/mol. The molecule has 138 valence electrons. The van der Waals surface area contributed by atoms with Crippen LogP contribution < -0.4 is 10.9 Å². The van der Waals surface area contributed by atoms with Crippen molar-refractivity contribution in [1.82, 2.24) is 9.97 Å². The molecule has 2 heterocycles. The molecule has 0 saturated heterocycles. The zero-order chi connectivity index (χ0) is 18.9. The van der Waals surface area contributed by atoms with Crippen LogP contribution in [-0.2, 0) is 22.5 Å². The molecule has 1 aliphatic rings. The molecule has 1 amide bonds. The van der Waals surface area contributed by atoms with Gasteiger partial charge in [-0.2, -0.15) is 24.9 Å². The lowest BCUT2D eigenvalue weighted by Crippen LogP contribution is -2.25. The molecule has 2 aromatic rings. The van der Waals surface area contributed by atoms with Crippen LogP contribution in [0.1, 0.15) is 23.7 Å². The normalized spacial score (nSPS) is 14.8. The Morgan fingerprint density at radius 3 is 2.81 bits per heavy atom. The number of carbonyl (C=O) groups excluding carboxylic acids is 1. The van der Waals surface area contributed by atoms with E-state index in [4.69, 9.17) is 0 Å². The van der Waals surface area contributed by atoms with E-state index in [0.717, 1.165) is 17.8 Å². The van der Waals surface area contributed by atoms with Gasteiger partial charge >= 0.3 is 6.18 Å². The zero-order valence-electron chi connectivity index (χ0n) is 13.5. The predicted octanol–water partition coefficient (Wildman–Crippen LogP) is 3.65. The fourth-order valence-electron chi connectivity index (χ4n) is 2.39. The average molecular weight is 401 g/mol. The lowest BCUT2D eigenvalue weighted by Gasteiger charge is -2.16. The molecule has 0 aliphatic carbocycles. The molecule has 1 atom stereocenters. The van der Waals surface area contributed by atoms with Gasteiger partial charge in [-0.1, -0.05) is 23.9 Å². The molecule has 1 aromatic heterocycles. The van der Waals surface area contributed by atoms with Gasteiger partial charge in [-0.25, -0.2) is 4.98 Å². The monoisotopic (exact) mass is 401 g/mol. The van der Waals surface area contributed by atoms with E-state index in [2.05, 4.69) is 15.3 Å². The predicted molar refractivity (Wildman–Crippen MR) is 95.2 cm³/mol. The summed E-state index contributed by atoms with van der Waals surface area (Å²) in [6, 6.07) is 4.78. The van der Waals surface area contributed by atoms with Crippen molar-refractivity contribution in [2.75, 3.05) is 5.32 Å². The number of halogens is 3. The number of aromatic amines is 1. The SMILES string of the molecule is CC(Sc1nc2c(c(=O)[nH]1)CSC2)C(=O)Nc1ccccc1C(F)(F)F. The molecule has 0 bridgehead atoms. The lowest BCUT2D eigenvalue weighted by atomic mass is 10.1. The second kappa shape index (κ2) is 7.36. The summed E-state index contributed by atoms with van der Waals surface area (Å²) in [6.45, 7) is 1.54. The van der Waals surface area contributed by atoms with Gasteiger partial charge in [0, 0.05) is 17.1 Å². The highest BCUT2D eigenvalue weighted by Crippen LogP contribution is 2.35. The molecule has 10 heteroatoms. The van der Waals surface area contributed by atoms with Gasteiger partial charge in [0.1, 0.15) is 0 Å². The highest BCUT2D eigenvalue weighted by atomic mass is 32.2. The molecule has 0 spiro atoms. The quantitative estimate of drug-likeness (QED) is 0.604. The van der Waals surface area contributed by atoms with E-state index >= 15 is 0 Å². The summed E-state index contributed by atoms with van der Waals surface area (Å²) in [6.07, 6.45) is -4.56. The van der Waals surface area contributed by atoms with E-state index in [0.29, 0.717) is 22.8 Å². The summed E-state index contributed by atoms with van der Waals surface area (Å²) < 4.78 is 39.0. The third-order valence-corrected chi connectivity index (χ3v) is 5.67. The number of thioether (sulfide) groups is 2. The highest BCUT2D eigenvalue weighted by molar-refractivity contribution is 8.00. The van der Waals surface area contributed by atoms with Crippen molar-refractivity contribution in [3.8, 4) is 0 Å². The van der Waals surface area contributed by atoms with Gasteiger partial charge in [0.15, 0.2) is 5.16 Å². The summed E-state index contributed by atoms with van der Waals surface area (Å²) in [7, 11) is 0. The Hall–Kier alpha value is -1.94. The molecule has 0 radical (unpaired) electrons. The number of aromatic nitrogens is 2. The van der Waals surface area contributed by atoms with Gasteiger partial charge in [-0.3, -0.25) is 9.59 Å². The van der Waals surface area contributed by atoms with E-state index in [9.17, 15) is 22.8 Å². The van der Waals surface area contributed by atoms with E-state index in [1.807, 2.05) is 0 Å². The molecule has 5 nitrogen and oxygen atoms in total. The number of anilines is 1. The van der Waals surface area contributed by atoms with Crippen molar-refractivity contribution in [3.05, 3.63) is 51.4 Å². The van der Waals surface area contributed by atoms with Crippen molar-refractivity contribution >= 4 is 35.1 Å². The van der Waals surface area contributed by atoms with Crippen molar-refractivity contribution in [2.45, 2.75) is 35.0 Å². The first-order valence-electron chi connectivity index (χ1n) is 7.59. The number of hydrogen-bond acceptors (Lipinski definition) is 5. The van der Waals surface area contributed by atoms with Gasteiger partial charge in [-0.15, -0.1) is 0 Å². The number of para-hydroxylation sites is 1. The molecule has 26 heavy (non-hydrogen) atoms. The Bertz CT molecular complexity index is 899. The fraction of sp³-hybridized carbons (Fsp3) is 0.312. The standard InChI is InChI=1S/C16H14F3N3O2S2/c1-8(26-15-21-12-7-25-6-9(12)14(24)22-15)13(23)20-11-5-3-2-4-10(11)16(17,18)19/h2-5,8H,6-7H2,1H3,(H,20,23)(H,21,22,24). The molecule has 1 aromatic carbocycles. The minimum atomic E-state index is -4.56. The van der Waals surface area contributed by atoms with E-state index in [1.54, 1.807) is 11.8 Å². The smallest absolute Gasteiger partial charge is 0.325 e. The molecular formula is C16H14F3N3O2S2. The lowest BCUT2D eigenvalue weighted by molar-refractivity contribution is -0.137. The first kappa shape index (κ1) is 18.8. The second-order valence-corrected chi connectivity index (χ2v) is 7.90. The number of H-pyrrole nitrogens is 1. The van der Waals surface area contributed by atoms with Gasteiger partial charge in [0.25, 0.3) is 5.56 Å². The van der Waals surface area contributed by atoms with Gasteiger partial charge in [0.05, 0.1) is 22.2 Å². The van der Waals surface area contributed by atoms with Gasteiger partial charge < -0.3 is 10.3 Å². The van der Waals surface area contributed by atoms with Crippen LogP contribution in [0, 0.1) is 0 Å². The summed E-state index contributed by atoms with van der Waals surface area (Å²) in [5.74, 6) is 0.628.